The Balaban J connectivity index is 1.99. The first-order chi connectivity index (χ1) is 10.0. The van der Waals surface area contributed by atoms with E-state index in [2.05, 4.69) is 5.10 Å². The maximum Gasteiger partial charge on any atom is 0.176 e. The third kappa shape index (κ3) is 3.99. The lowest BCUT2D eigenvalue weighted by molar-refractivity contribution is -0.120. The number of nitrogens with zero attached hydrogens (tertiary/aromatic N) is 2. The van der Waals surface area contributed by atoms with Gasteiger partial charge in [-0.3, -0.25) is 9.48 Å². The fourth-order valence-electron chi connectivity index (χ4n) is 2.00. The van der Waals surface area contributed by atoms with Gasteiger partial charge in [0.2, 0.25) is 0 Å². The summed E-state index contributed by atoms with van der Waals surface area (Å²) in [6.45, 7) is 4.43. The van der Waals surface area contributed by atoms with Crippen molar-refractivity contribution in [3.63, 3.8) is 0 Å². The van der Waals surface area contributed by atoms with Gasteiger partial charge in [-0.1, -0.05) is 29.3 Å². The van der Waals surface area contributed by atoms with E-state index in [9.17, 15) is 4.79 Å². The Kier molecular flexibility index (Phi) is 5.26. The average Bonchev–Trinajstić information content (AvgIpc) is 2.73. The van der Waals surface area contributed by atoms with Crippen molar-refractivity contribution in [1.82, 2.24) is 9.78 Å². The summed E-state index contributed by atoms with van der Waals surface area (Å²) in [5.74, 6) is 0.508. The highest BCUT2D eigenvalue weighted by molar-refractivity contribution is 6.32. The number of halogens is 2. The van der Waals surface area contributed by atoms with E-state index in [4.69, 9.17) is 27.9 Å². The lowest BCUT2D eigenvalue weighted by atomic mass is 10.2. The van der Waals surface area contributed by atoms with Gasteiger partial charge in [-0.25, -0.2) is 0 Å². The number of ether oxygens (including phenoxy) is 1. The number of hydrogen-bond acceptors (Lipinski definition) is 3. The zero-order valence-electron chi connectivity index (χ0n) is 11.9. The van der Waals surface area contributed by atoms with Crippen LogP contribution in [-0.4, -0.2) is 22.2 Å². The van der Waals surface area contributed by atoms with Crippen molar-refractivity contribution in [2.45, 2.75) is 26.8 Å². The molecule has 0 saturated heterocycles. The molecular formula is C15H16Cl2N2O2. The van der Waals surface area contributed by atoms with Crippen molar-refractivity contribution < 1.29 is 9.53 Å². The molecule has 0 bridgehead atoms. The summed E-state index contributed by atoms with van der Waals surface area (Å²) < 4.78 is 7.18. The molecule has 0 aliphatic carbocycles. The SMILES string of the molecule is CCn1nc(C)c(Cl)c1CC(=O)COc1cccc(Cl)c1. The first-order valence-corrected chi connectivity index (χ1v) is 7.38. The highest BCUT2D eigenvalue weighted by Crippen LogP contribution is 2.21. The molecule has 0 fully saturated rings. The van der Waals surface area contributed by atoms with Gasteiger partial charge in [-0.2, -0.15) is 5.10 Å². The molecule has 21 heavy (non-hydrogen) atoms. The molecule has 0 atom stereocenters. The van der Waals surface area contributed by atoms with Crippen LogP contribution < -0.4 is 4.74 Å². The maximum absolute atomic E-state index is 12.0. The van der Waals surface area contributed by atoms with Crippen LogP contribution in [0.5, 0.6) is 5.75 Å². The Bertz CT molecular complexity index is 653. The molecule has 0 amide bonds. The largest absolute Gasteiger partial charge is 0.486 e. The Hall–Kier alpha value is -1.52. The summed E-state index contributed by atoms with van der Waals surface area (Å²) in [6.07, 6.45) is 0.202. The van der Waals surface area contributed by atoms with E-state index in [-0.39, 0.29) is 18.8 Å². The van der Waals surface area contributed by atoms with E-state index in [1.165, 1.54) is 0 Å². The van der Waals surface area contributed by atoms with Crippen molar-refractivity contribution in [3.8, 4) is 5.75 Å². The molecule has 0 unspecified atom stereocenters. The second-order valence-corrected chi connectivity index (χ2v) is 5.44. The lowest BCUT2D eigenvalue weighted by Crippen LogP contribution is -2.16. The highest BCUT2D eigenvalue weighted by atomic mass is 35.5. The maximum atomic E-state index is 12.0. The minimum atomic E-state index is -0.0634. The molecule has 0 aliphatic heterocycles. The van der Waals surface area contributed by atoms with Gasteiger partial charge in [0.1, 0.15) is 12.4 Å². The molecule has 112 valence electrons. The molecule has 0 N–H and O–H groups in total. The smallest absolute Gasteiger partial charge is 0.176 e. The van der Waals surface area contributed by atoms with Crippen LogP contribution in [0, 0.1) is 6.92 Å². The van der Waals surface area contributed by atoms with Crippen molar-refractivity contribution in [3.05, 3.63) is 45.7 Å². The topological polar surface area (TPSA) is 44.1 Å². The van der Waals surface area contributed by atoms with E-state index in [0.717, 1.165) is 11.4 Å². The Morgan fingerprint density at radius 2 is 2.14 bits per heavy atom. The van der Waals surface area contributed by atoms with Crippen LogP contribution in [0.2, 0.25) is 10.0 Å². The van der Waals surface area contributed by atoms with Crippen molar-refractivity contribution in [1.29, 1.82) is 0 Å². The van der Waals surface area contributed by atoms with Crippen LogP contribution in [0.1, 0.15) is 18.3 Å². The predicted octanol–water partition coefficient (Wildman–Crippen LogP) is 3.71. The molecule has 1 aromatic heterocycles. The number of rotatable bonds is 6. The number of hydrogen-bond donors (Lipinski definition) is 0. The molecule has 0 spiro atoms. The molecule has 0 radical (unpaired) electrons. The van der Waals surface area contributed by atoms with E-state index in [1.807, 2.05) is 13.8 Å². The van der Waals surface area contributed by atoms with Gasteiger partial charge in [0.25, 0.3) is 0 Å². The highest BCUT2D eigenvalue weighted by Gasteiger charge is 2.16. The monoisotopic (exact) mass is 326 g/mol. The average molecular weight is 327 g/mol. The van der Waals surface area contributed by atoms with Crippen LogP contribution >= 0.6 is 23.2 Å². The van der Waals surface area contributed by atoms with Gasteiger partial charge in [0.15, 0.2) is 5.78 Å². The molecule has 2 rings (SSSR count). The third-order valence-corrected chi connectivity index (χ3v) is 3.74. The minimum Gasteiger partial charge on any atom is -0.486 e. The van der Waals surface area contributed by atoms with Gasteiger partial charge in [-0.15, -0.1) is 0 Å². The van der Waals surface area contributed by atoms with Crippen molar-refractivity contribution >= 4 is 29.0 Å². The molecule has 2 aromatic rings. The summed E-state index contributed by atoms with van der Waals surface area (Å²) in [4.78, 5) is 12.0. The zero-order valence-corrected chi connectivity index (χ0v) is 13.4. The van der Waals surface area contributed by atoms with Crippen LogP contribution in [0.15, 0.2) is 24.3 Å². The quantitative estimate of drug-likeness (QED) is 0.812. The first kappa shape index (κ1) is 15.9. The summed E-state index contributed by atoms with van der Waals surface area (Å²) >= 11 is 12.0. The van der Waals surface area contributed by atoms with Crippen LogP contribution in [-0.2, 0) is 17.8 Å². The summed E-state index contributed by atoms with van der Waals surface area (Å²) in [7, 11) is 0. The molecule has 0 saturated carbocycles. The fraction of sp³-hybridized carbons (Fsp3) is 0.333. The number of ketones is 1. The summed E-state index contributed by atoms with van der Waals surface area (Å²) in [5, 5.41) is 5.41. The van der Waals surface area contributed by atoms with Gasteiger partial charge in [0, 0.05) is 11.6 Å². The molecule has 6 heteroatoms. The number of aromatic nitrogens is 2. The Labute approximate surface area is 133 Å². The van der Waals surface area contributed by atoms with Gasteiger partial charge < -0.3 is 4.74 Å². The van der Waals surface area contributed by atoms with Crippen LogP contribution in [0.4, 0.5) is 0 Å². The molecular weight excluding hydrogens is 311 g/mol. The fourth-order valence-corrected chi connectivity index (χ4v) is 2.38. The summed E-state index contributed by atoms with van der Waals surface area (Å²) in [6, 6.07) is 6.95. The van der Waals surface area contributed by atoms with E-state index in [0.29, 0.717) is 22.3 Å². The Morgan fingerprint density at radius 3 is 2.81 bits per heavy atom. The zero-order chi connectivity index (χ0) is 15.4. The standard InChI is InChI=1S/C15H16Cl2N2O2/c1-3-19-14(15(17)10(2)18-19)8-12(20)9-21-13-6-4-5-11(16)7-13/h4-7H,3,8-9H2,1-2H3. The van der Waals surface area contributed by atoms with Crippen LogP contribution in [0.25, 0.3) is 0 Å². The molecule has 1 aromatic carbocycles. The Morgan fingerprint density at radius 1 is 1.38 bits per heavy atom. The van der Waals surface area contributed by atoms with Gasteiger partial charge in [0.05, 0.1) is 22.8 Å². The van der Waals surface area contributed by atoms with E-state index >= 15 is 0 Å². The normalized spacial score (nSPS) is 10.7. The molecule has 4 nitrogen and oxygen atoms in total. The number of aryl methyl sites for hydroxylation is 2. The molecule has 1 heterocycles. The molecule has 0 aliphatic rings. The van der Waals surface area contributed by atoms with E-state index in [1.54, 1.807) is 28.9 Å². The number of carbonyl (C=O) groups excluding carboxylic acids is 1. The minimum absolute atomic E-state index is 0.0232. The van der Waals surface area contributed by atoms with Crippen LogP contribution in [0.3, 0.4) is 0 Å². The number of benzene rings is 1. The second kappa shape index (κ2) is 6.96. The number of Topliss-reactive ketones (excluding diaryl/α,β-unsaturated/α-hetero) is 1. The number of carbonyl (C=O) groups is 1. The lowest BCUT2D eigenvalue weighted by Gasteiger charge is -2.07. The second-order valence-electron chi connectivity index (χ2n) is 4.62. The first-order valence-electron chi connectivity index (χ1n) is 6.63. The predicted molar refractivity (Wildman–Crippen MR) is 83.3 cm³/mol. The van der Waals surface area contributed by atoms with Gasteiger partial charge in [-0.05, 0) is 32.0 Å². The summed E-state index contributed by atoms with van der Waals surface area (Å²) in [5.41, 5.74) is 1.47. The third-order valence-electron chi connectivity index (χ3n) is 3.01. The van der Waals surface area contributed by atoms with Crippen molar-refractivity contribution in [2.75, 3.05) is 6.61 Å². The van der Waals surface area contributed by atoms with E-state index < -0.39 is 0 Å². The van der Waals surface area contributed by atoms with Crippen molar-refractivity contribution in [2.24, 2.45) is 0 Å². The van der Waals surface area contributed by atoms with Gasteiger partial charge >= 0.3 is 0 Å².